The molecule has 26 heavy (non-hydrogen) atoms. The van der Waals surface area contributed by atoms with Crippen LogP contribution in [0.25, 0.3) is 0 Å². The summed E-state index contributed by atoms with van der Waals surface area (Å²) in [7, 11) is 4.12. The Morgan fingerprint density at radius 3 is 2.92 bits per heavy atom. The van der Waals surface area contributed by atoms with Crippen molar-refractivity contribution in [2.45, 2.75) is 25.3 Å². The van der Waals surface area contributed by atoms with Crippen molar-refractivity contribution in [3.8, 4) is 6.07 Å². The van der Waals surface area contributed by atoms with Gasteiger partial charge in [-0.3, -0.25) is 4.79 Å². The first-order valence-electron chi connectivity index (χ1n) is 8.89. The number of aromatic nitrogens is 3. The van der Waals surface area contributed by atoms with E-state index in [4.69, 9.17) is 5.26 Å². The van der Waals surface area contributed by atoms with Gasteiger partial charge in [0, 0.05) is 50.7 Å². The molecule has 3 heterocycles. The summed E-state index contributed by atoms with van der Waals surface area (Å²) in [5.41, 5.74) is 0.849. The fraction of sp³-hybridized carbons (Fsp3) is 0.474. The van der Waals surface area contributed by atoms with E-state index >= 15 is 0 Å². The number of nitriles is 1. The largest absolute Gasteiger partial charge is 0.338 e. The van der Waals surface area contributed by atoms with E-state index in [9.17, 15) is 4.79 Å². The Kier molecular flexibility index (Phi) is 5.64. The van der Waals surface area contributed by atoms with E-state index < -0.39 is 0 Å². The van der Waals surface area contributed by atoms with Gasteiger partial charge in [0.15, 0.2) is 0 Å². The minimum absolute atomic E-state index is 0.0295. The van der Waals surface area contributed by atoms with Gasteiger partial charge in [-0.25, -0.2) is 9.97 Å². The van der Waals surface area contributed by atoms with Gasteiger partial charge in [-0.2, -0.15) is 5.26 Å². The maximum atomic E-state index is 12.8. The lowest BCUT2D eigenvalue weighted by atomic mass is 9.96. The molecule has 0 N–H and O–H groups in total. The normalized spacial score (nSPS) is 17.3. The molecule has 7 nitrogen and oxygen atoms in total. The van der Waals surface area contributed by atoms with Crippen LogP contribution in [0.5, 0.6) is 0 Å². The number of piperidine rings is 1. The fourth-order valence-electron chi connectivity index (χ4n) is 3.32. The van der Waals surface area contributed by atoms with Crippen molar-refractivity contribution in [1.82, 2.24) is 24.3 Å². The molecule has 0 radical (unpaired) electrons. The molecule has 136 valence electrons. The van der Waals surface area contributed by atoms with Crippen molar-refractivity contribution < 1.29 is 4.79 Å². The first kappa shape index (κ1) is 18.1. The lowest BCUT2D eigenvalue weighted by molar-refractivity contribution is 0.0702. The molecule has 2 aromatic heterocycles. The first-order valence-corrected chi connectivity index (χ1v) is 8.89. The summed E-state index contributed by atoms with van der Waals surface area (Å²) in [6.45, 7) is 3.26. The highest BCUT2D eigenvalue weighted by atomic mass is 16.2. The Balaban J connectivity index is 1.70. The van der Waals surface area contributed by atoms with Gasteiger partial charge in [-0.15, -0.1) is 0 Å². The van der Waals surface area contributed by atoms with Gasteiger partial charge >= 0.3 is 0 Å². The van der Waals surface area contributed by atoms with Gasteiger partial charge < -0.3 is 14.4 Å². The van der Waals surface area contributed by atoms with Crippen LogP contribution in [0.2, 0.25) is 0 Å². The minimum Gasteiger partial charge on any atom is -0.338 e. The summed E-state index contributed by atoms with van der Waals surface area (Å²) < 4.78 is 2.20. The summed E-state index contributed by atoms with van der Waals surface area (Å²) in [6, 6.07) is 5.24. The summed E-state index contributed by atoms with van der Waals surface area (Å²) in [6.07, 6.45) is 7.35. The lowest BCUT2D eigenvalue weighted by Gasteiger charge is -2.32. The molecule has 0 aliphatic carbocycles. The van der Waals surface area contributed by atoms with E-state index in [1.807, 2.05) is 23.4 Å². The molecule has 2 aromatic rings. The van der Waals surface area contributed by atoms with Gasteiger partial charge in [0.25, 0.3) is 5.91 Å². The SMILES string of the molecule is CN(C)CCn1ccnc1[C@H]1CCCN(C(=O)c2ccc(C#N)nc2)C1. The molecule has 1 saturated heterocycles. The average Bonchev–Trinajstić information content (AvgIpc) is 3.14. The van der Waals surface area contributed by atoms with E-state index in [1.54, 1.807) is 12.1 Å². The maximum absolute atomic E-state index is 12.8. The Morgan fingerprint density at radius 2 is 2.23 bits per heavy atom. The smallest absolute Gasteiger partial charge is 0.255 e. The third-order valence-electron chi connectivity index (χ3n) is 4.73. The molecule has 1 aliphatic rings. The highest BCUT2D eigenvalue weighted by Gasteiger charge is 2.28. The van der Waals surface area contributed by atoms with Gasteiger partial charge in [-0.1, -0.05) is 0 Å². The molecule has 0 spiro atoms. The van der Waals surface area contributed by atoms with Crippen molar-refractivity contribution in [2.24, 2.45) is 0 Å². The van der Waals surface area contributed by atoms with Crippen LogP contribution in [-0.4, -0.2) is 64.0 Å². The molecule has 1 fully saturated rings. The highest BCUT2D eigenvalue weighted by molar-refractivity contribution is 5.94. The van der Waals surface area contributed by atoms with Crippen molar-refractivity contribution >= 4 is 5.91 Å². The molecule has 1 amide bonds. The first-order chi connectivity index (χ1) is 12.6. The number of pyridine rings is 1. The molecular formula is C19H24N6O. The molecule has 3 rings (SSSR count). The van der Waals surface area contributed by atoms with Crippen molar-refractivity contribution in [3.05, 3.63) is 47.8 Å². The zero-order valence-electron chi connectivity index (χ0n) is 15.3. The number of carbonyl (C=O) groups excluding carboxylic acids is 1. The third-order valence-corrected chi connectivity index (χ3v) is 4.73. The van der Waals surface area contributed by atoms with Crippen LogP contribution in [0.3, 0.4) is 0 Å². The predicted octanol–water partition coefficient (Wildman–Crippen LogP) is 1.73. The second-order valence-electron chi connectivity index (χ2n) is 6.92. The van der Waals surface area contributed by atoms with Crippen molar-refractivity contribution in [3.63, 3.8) is 0 Å². The molecule has 0 aromatic carbocycles. The van der Waals surface area contributed by atoms with E-state index in [0.717, 1.165) is 38.3 Å². The maximum Gasteiger partial charge on any atom is 0.255 e. The zero-order chi connectivity index (χ0) is 18.5. The van der Waals surface area contributed by atoms with Crippen LogP contribution in [-0.2, 0) is 6.54 Å². The van der Waals surface area contributed by atoms with Crippen molar-refractivity contribution in [1.29, 1.82) is 5.26 Å². The monoisotopic (exact) mass is 352 g/mol. The van der Waals surface area contributed by atoms with Crippen LogP contribution in [0.15, 0.2) is 30.7 Å². The number of likely N-dealkylation sites (tertiary alicyclic amines) is 1. The molecular weight excluding hydrogens is 328 g/mol. The molecule has 0 saturated carbocycles. The Hall–Kier alpha value is -2.72. The topological polar surface area (TPSA) is 78.0 Å². The molecule has 0 bridgehead atoms. The molecule has 7 heteroatoms. The van der Waals surface area contributed by atoms with Crippen LogP contribution < -0.4 is 0 Å². The predicted molar refractivity (Wildman–Crippen MR) is 97.6 cm³/mol. The van der Waals surface area contributed by atoms with E-state index in [0.29, 0.717) is 17.8 Å². The van der Waals surface area contributed by atoms with Crippen molar-refractivity contribution in [2.75, 3.05) is 33.7 Å². The molecule has 1 atom stereocenters. The van der Waals surface area contributed by atoms with Crippen LogP contribution in [0.4, 0.5) is 0 Å². The second-order valence-corrected chi connectivity index (χ2v) is 6.92. The highest BCUT2D eigenvalue weighted by Crippen LogP contribution is 2.26. The quantitative estimate of drug-likeness (QED) is 0.819. The number of hydrogen-bond donors (Lipinski definition) is 0. The standard InChI is InChI=1S/C19H24N6O/c1-23(2)10-11-24-9-7-21-18(24)16-4-3-8-25(14-16)19(26)15-5-6-17(12-20)22-13-15/h5-7,9,13,16H,3-4,8,10-11,14H2,1-2H3/t16-/m0/s1. The number of rotatable bonds is 5. The summed E-state index contributed by atoms with van der Waals surface area (Å²) in [5.74, 6) is 1.27. The van der Waals surface area contributed by atoms with Crippen LogP contribution >= 0.6 is 0 Å². The Bertz CT molecular complexity index is 789. The van der Waals surface area contributed by atoms with E-state index in [1.165, 1.54) is 6.20 Å². The molecule has 1 aliphatic heterocycles. The number of likely N-dealkylation sites (N-methyl/N-ethyl adjacent to an activating group) is 1. The average molecular weight is 352 g/mol. The summed E-state index contributed by atoms with van der Waals surface area (Å²) >= 11 is 0. The van der Waals surface area contributed by atoms with Gasteiger partial charge in [-0.05, 0) is 39.1 Å². The Labute approximate surface area is 153 Å². The van der Waals surface area contributed by atoms with Crippen LogP contribution in [0.1, 0.15) is 40.6 Å². The Morgan fingerprint density at radius 1 is 1.38 bits per heavy atom. The minimum atomic E-state index is -0.0295. The number of nitrogens with zero attached hydrogens (tertiary/aromatic N) is 6. The lowest BCUT2D eigenvalue weighted by Crippen LogP contribution is -2.40. The van der Waals surface area contributed by atoms with E-state index in [-0.39, 0.29) is 11.8 Å². The van der Waals surface area contributed by atoms with Gasteiger partial charge in [0.05, 0.1) is 5.56 Å². The number of imidazole rings is 1. The van der Waals surface area contributed by atoms with Gasteiger partial charge in [0.2, 0.25) is 0 Å². The second kappa shape index (κ2) is 8.11. The number of amides is 1. The van der Waals surface area contributed by atoms with E-state index in [2.05, 4.69) is 33.5 Å². The third kappa shape index (κ3) is 4.09. The van der Waals surface area contributed by atoms with Gasteiger partial charge in [0.1, 0.15) is 17.6 Å². The van der Waals surface area contributed by atoms with Crippen LogP contribution in [0, 0.1) is 11.3 Å². The molecule has 0 unspecified atom stereocenters. The summed E-state index contributed by atoms with van der Waals surface area (Å²) in [4.78, 5) is 25.4. The number of carbonyl (C=O) groups is 1. The summed E-state index contributed by atoms with van der Waals surface area (Å²) in [5, 5.41) is 8.84. The number of hydrogen-bond acceptors (Lipinski definition) is 5. The fourth-order valence-corrected chi connectivity index (χ4v) is 3.32. The zero-order valence-corrected chi connectivity index (χ0v) is 15.3.